The third kappa shape index (κ3) is 4.61. The molecule has 0 saturated carbocycles. The smallest absolute Gasteiger partial charge is 0.338 e. The lowest BCUT2D eigenvalue weighted by Crippen LogP contribution is -2.51. The van der Waals surface area contributed by atoms with Crippen molar-refractivity contribution >= 4 is 21.7 Å². The summed E-state index contributed by atoms with van der Waals surface area (Å²) in [6.07, 6.45) is 0. The van der Waals surface area contributed by atoms with Crippen LogP contribution >= 0.6 is 0 Å². The molecule has 0 atom stereocenters. The van der Waals surface area contributed by atoms with Crippen molar-refractivity contribution in [1.29, 1.82) is 0 Å². The summed E-state index contributed by atoms with van der Waals surface area (Å²) in [5, 5.41) is 7.60. The van der Waals surface area contributed by atoms with Gasteiger partial charge in [0.05, 0.1) is 10.6 Å². The predicted octanol–water partition coefficient (Wildman–Crippen LogP) is 0.165. The summed E-state index contributed by atoms with van der Waals surface area (Å²) in [5.74, 6) is -0.492. The Bertz CT molecular complexity index is 1320. The van der Waals surface area contributed by atoms with Crippen LogP contribution in [-0.4, -0.2) is 75.3 Å². The molecule has 3 aromatic rings. The lowest BCUT2D eigenvalue weighted by molar-refractivity contribution is -0.133. The quantitative estimate of drug-likeness (QED) is 0.470. The Morgan fingerprint density at radius 3 is 2.15 bits per heavy atom. The lowest BCUT2D eigenvalue weighted by Gasteiger charge is -2.33. The van der Waals surface area contributed by atoms with Gasteiger partial charge in [0.15, 0.2) is 5.78 Å². The Labute approximate surface area is 189 Å². The highest BCUT2D eigenvalue weighted by atomic mass is 32.2. The van der Waals surface area contributed by atoms with E-state index in [1.54, 1.807) is 24.3 Å². The van der Waals surface area contributed by atoms with Crippen LogP contribution in [0.15, 0.2) is 64.3 Å². The Hall–Kier alpha value is -3.64. The Balaban J connectivity index is 1.39. The van der Waals surface area contributed by atoms with E-state index in [2.05, 4.69) is 10.4 Å². The van der Waals surface area contributed by atoms with Crippen LogP contribution in [0.25, 0.3) is 5.69 Å². The van der Waals surface area contributed by atoms with Gasteiger partial charge in [-0.25, -0.2) is 13.2 Å². The number of Topliss-reactive ketones (excluding diaryl/α,β-unsaturated/α-hetero) is 1. The van der Waals surface area contributed by atoms with Crippen LogP contribution in [0.2, 0.25) is 0 Å². The molecule has 12 heteroatoms. The van der Waals surface area contributed by atoms with Gasteiger partial charge in [-0.1, -0.05) is 30.3 Å². The largest absolute Gasteiger partial charge is 0.368 e. The second-order valence-electron chi connectivity index (χ2n) is 7.53. The molecule has 1 saturated heterocycles. The fourth-order valence-corrected chi connectivity index (χ4v) is 4.94. The van der Waals surface area contributed by atoms with Crippen molar-refractivity contribution < 1.29 is 18.0 Å². The molecule has 0 N–H and O–H groups in total. The summed E-state index contributed by atoms with van der Waals surface area (Å²) in [7, 11) is -3.74. The van der Waals surface area contributed by atoms with E-state index in [0.717, 1.165) is 9.36 Å². The number of nitrogens with zero attached hydrogens (tertiary/aromatic N) is 6. The van der Waals surface area contributed by atoms with Crippen molar-refractivity contribution in [3.63, 3.8) is 0 Å². The number of hydrogen-bond acceptors (Lipinski definition) is 7. The SMILES string of the molecule is CC(=O)c1ccc(S(=O)(=O)N2CCN(C(=O)Cn3nnn(-c4ccccc4)c3=O)CC2)cc1. The molecule has 0 radical (unpaired) electrons. The Kier molecular flexibility index (Phi) is 6.20. The molecule has 11 nitrogen and oxygen atoms in total. The van der Waals surface area contributed by atoms with Crippen molar-refractivity contribution in [2.24, 2.45) is 0 Å². The molecule has 4 rings (SSSR count). The zero-order valence-electron chi connectivity index (χ0n) is 17.9. The standard InChI is InChI=1S/C21H22N6O5S/c1-16(28)17-7-9-19(10-8-17)33(31,32)25-13-11-24(12-14-25)20(29)15-26-21(30)27(23-22-26)18-5-3-2-4-6-18/h2-10H,11-15H2,1H3. The van der Waals surface area contributed by atoms with Crippen LogP contribution in [0.3, 0.4) is 0 Å². The number of benzene rings is 2. The number of piperazine rings is 1. The minimum absolute atomic E-state index is 0.0938. The number of tetrazole rings is 1. The number of aromatic nitrogens is 4. The highest BCUT2D eigenvalue weighted by Crippen LogP contribution is 2.18. The highest BCUT2D eigenvalue weighted by Gasteiger charge is 2.30. The van der Waals surface area contributed by atoms with E-state index in [0.29, 0.717) is 11.3 Å². The van der Waals surface area contributed by atoms with Gasteiger partial charge in [0.25, 0.3) is 0 Å². The maximum absolute atomic E-state index is 12.9. The lowest BCUT2D eigenvalue weighted by atomic mass is 10.2. The monoisotopic (exact) mass is 470 g/mol. The molecule has 2 heterocycles. The molecule has 172 valence electrons. The van der Waals surface area contributed by atoms with Crippen molar-refractivity contribution in [3.05, 3.63) is 70.6 Å². The van der Waals surface area contributed by atoms with Crippen LogP contribution in [0.1, 0.15) is 17.3 Å². The van der Waals surface area contributed by atoms with Gasteiger partial charge in [0.1, 0.15) is 6.54 Å². The second-order valence-corrected chi connectivity index (χ2v) is 9.47. The van der Waals surface area contributed by atoms with Crippen LogP contribution in [0.4, 0.5) is 0 Å². The zero-order chi connectivity index (χ0) is 23.6. The summed E-state index contributed by atoms with van der Waals surface area (Å²) >= 11 is 0. The van der Waals surface area contributed by atoms with Gasteiger partial charge in [-0.15, -0.1) is 0 Å². The molecule has 1 aliphatic rings. The maximum atomic E-state index is 12.9. The molecule has 0 aliphatic carbocycles. The Morgan fingerprint density at radius 2 is 1.55 bits per heavy atom. The van der Waals surface area contributed by atoms with Gasteiger partial charge >= 0.3 is 5.69 Å². The number of carbonyl (C=O) groups is 2. The van der Waals surface area contributed by atoms with Crippen molar-refractivity contribution in [3.8, 4) is 5.69 Å². The molecule has 1 amide bonds. The topological polar surface area (TPSA) is 127 Å². The first-order chi connectivity index (χ1) is 15.8. The van der Waals surface area contributed by atoms with Gasteiger partial charge in [-0.3, -0.25) is 9.59 Å². The number of hydrogen-bond donors (Lipinski definition) is 0. The normalized spacial score (nSPS) is 14.9. The van der Waals surface area contributed by atoms with Gasteiger partial charge in [-0.2, -0.15) is 13.7 Å². The minimum Gasteiger partial charge on any atom is -0.338 e. The minimum atomic E-state index is -3.74. The molecule has 1 aliphatic heterocycles. The first kappa shape index (κ1) is 22.6. The third-order valence-corrected chi connectivity index (χ3v) is 7.33. The van der Waals surface area contributed by atoms with Gasteiger partial charge in [0.2, 0.25) is 15.9 Å². The van der Waals surface area contributed by atoms with Crippen molar-refractivity contribution in [1.82, 2.24) is 29.0 Å². The summed E-state index contributed by atoms with van der Waals surface area (Å²) in [4.78, 5) is 38.2. The number of rotatable bonds is 6. The molecule has 2 aromatic carbocycles. The highest BCUT2D eigenvalue weighted by molar-refractivity contribution is 7.89. The first-order valence-corrected chi connectivity index (χ1v) is 11.7. The summed E-state index contributed by atoms with van der Waals surface area (Å²) in [6, 6.07) is 14.5. The van der Waals surface area contributed by atoms with Crippen molar-refractivity contribution in [2.75, 3.05) is 26.2 Å². The molecular formula is C21H22N6O5S. The van der Waals surface area contributed by atoms with Crippen LogP contribution in [0, 0.1) is 0 Å². The third-order valence-electron chi connectivity index (χ3n) is 5.42. The van der Waals surface area contributed by atoms with Crippen LogP contribution in [-0.2, 0) is 21.4 Å². The first-order valence-electron chi connectivity index (χ1n) is 10.2. The fraction of sp³-hybridized carbons (Fsp3) is 0.286. The number of para-hydroxylation sites is 1. The van der Waals surface area contributed by atoms with E-state index in [9.17, 15) is 22.8 Å². The van der Waals surface area contributed by atoms with E-state index in [4.69, 9.17) is 0 Å². The van der Waals surface area contributed by atoms with Crippen LogP contribution in [0.5, 0.6) is 0 Å². The van der Waals surface area contributed by atoms with Crippen molar-refractivity contribution in [2.45, 2.75) is 18.4 Å². The van der Waals surface area contributed by atoms with Crippen LogP contribution < -0.4 is 5.69 Å². The molecule has 0 bridgehead atoms. The number of ketones is 1. The van der Waals surface area contributed by atoms with Gasteiger partial charge < -0.3 is 4.90 Å². The van der Waals surface area contributed by atoms with E-state index in [1.807, 2.05) is 6.07 Å². The van der Waals surface area contributed by atoms with Gasteiger partial charge in [-0.05, 0) is 41.6 Å². The zero-order valence-corrected chi connectivity index (χ0v) is 18.7. The Morgan fingerprint density at radius 1 is 0.909 bits per heavy atom. The molecule has 0 spiro atoms. The number of sulfonamides is 1. The second kappa shape index (κ2) is 9.08. The molecule has 33 heavy (non-hydrogen) atoms. The predicted molar refractivity (Wildman–Crippen MR) is 117 cm³/mol. The van der Waals surface area contributed by atoms with E-state index in [1.165, 1.54) is 40.4 Å². The van der Waals surface area contributed by atoms with E-state index in [-0.39, 0.29) is 49.3 Å². The fourth-order valence-electron chi connectivity index (χ4n) is 3.52. The molecule has 1 fully saturated rings. The average molecular weight is 471 g/mol. The number of carbonyl (C=O) groups excluding carboxylic acids is 2. The average Bonchev–Trinajstić information content (AvgIpc) is 3.19. The molecular weight excluding hydrogens is 448 g/mol. The van der Waals surface area contributed by atoms with E-state index >= 15 is 0 Å². The van der Waals surface area contributed by atoms with Gasteiger partial charge in [0, 0.05) is 31.7 Å². The molecule has 1 aromatic heterocycles. The van der Waals surface area contributed by atoms with E-state index < -0.39 is 15.7 Å². The molecule has 0 unspecified atom stereocenters. The number of amides is 1. The maximum Gasteiger partial charge on any atom is 0.368 e. The summed E-state index contributed by atoms with van der Waals surface area (Å²) in [5.41, 5.74) is 0.435. The summed E-state index contributed by atoms with van der Waals surface area (Å²) in [6.45, 7) is 1.74. The summed E-state index contributed by atoms with van der Waals surface area (Å²) < 4.78 is 29.2.